The molecule has 1 atom stereocenters. The smallest absolute Gasteiger partial charge is 0.338 e. The Labute approximate surface area is 317 Å². The molecule has 3 N–H and O–H groups in total. The molecule has 1 amide bonds. The second-order valence-electron chi connectivity index (χ2n) is 12.9. The van der Waals surface area contributed by atoms with E-state index < -0.39 is 22.9 Å². The predicted molar refractivity (Wildman–Crippen MR) is 200 cm³/mol. The van der Waals surface area contributed by atoms with Gasteiger partial charge in [0.2, 0.25) is 5.91 Å². The van der Waals surface area contributed by atoms with Crippen molar-refractivity contribution >= 4 is 28.3 Å². The fourth-order valence-corrected chi connectivity index (χ4v) is 6.83. The van der Waals surface area contributed by atoms with Gasteiger partial charge in [-0.15, -0.1) is 16.4 Å². The Morgan fingerprint density at radius 1 is 1.07 bits per heavy atom. The lowest BCUT2D eigenvalue weighted by atomic mass is 9.81. The summed E-state index contributed by atoms with van der Waals surface area (Å²) in [5, 5.41) is 30.9. The van der Waals surface area contributed by atoms with Crippen LogP contribution in [0.5, 0.6) is 23.0 Å². The molecule has 3 aromatic carbocycles. The molecule has 1 unspecified atom stereocenters. The fraction of sp³-hybridized carbons (Fsp3) is 0.237. The van der Waals surface area contributed by atoms with Crippen LogP contribution in [0.1, 0.15) is 40.4 Å². The zero-order valence-corrected chi connectivity index (χ0v) is 30.7. The van der Waals surface area contributed by atoms with E-state index >= 15 is 0 Å². The van der Waals surface area contributed by atoms with E-state index in [1.165, 1.54) is 22.1 Å². The summed E-state index contributed by atoms with van der Waals surface area (Å²) >= 11 is 1.32. The number of ether oxygens (including phenoxy) is 3. The molecule has 6 aromatic rings. The lowest BCUT2D eigenvalue weighted by Crippen LogP contribution is -2.47. The van der Waals surface area contributed by atoms with E-state index in [0.29, 0.717) is 52.2 Å². The van der Waals surface area contributed by atoms with E-state index in [2.05, 4.69) is 31.0 Å². The minimum atomic E-state index is -1.40. The summed E-state index contributed by atoms with van der Waals surface area (Å²) in [5.74, 6) is -1.31. The van der Waals surface area contributed by atoms with Crippen LogP contribution in [0.3, 0.4) is 0 Å². The topological polar surface area (TPSA) is 185 Å². The molecule has 55 heavy (non-hydrogen) atoms. The van der Waals surface area contributed by atoms with E-state index in [1.54, 1.807) is 72.9 Å². The number of nitrogens with one attached hydrogen (secondary N) is 2. The first-order valence-corrected chi connectivity index (χ1v) is 18.0. The van der Waals surface area contributed by atoms with Crippen molar-refractivity contribution in [1.29, 1.82) is 0 Å². The predicted octanol–water partition coefficient (Wildman–Crippen LogP) is 5.36. The Morgan fingerprint density at radius 2 is 1.87 bits per heavy atom. The monoisotopic (exact) mass is 766 g/mol. The summed E-state index contributed by atoms with van der Waals surface area (Å²) < 4.78 is 35.2. The minimum absolute atomic E-state index is 0.0546. The molecule has 7 rings (SSSR count). The maximum Gasteiger partial charge on any atom is 0.338 e. The van der Waals surface area contributed by atoms with Gasteiger partial charge in [-0.25, -0.2) is 18.9 Å². The Bertz CT molecular complexity index is 2430. The summed E-state index contributed by atoms with van der Waals surface area (Å²) in [4.78, 5) is 41.6. The van der Waals surface area contributed by atoms with Crippen molar-refractivity contribution in [1.82, 2.24) is 35.1 Å². The van der Waals surface area contributed by atoms with E-state index in [-0.39, 0.29) is 42.5 Å². The van der Waals surface area contributed by atoms with Crippen molar-refractivity contribution in [3.05, 3.63) is 117 Å². The summed E-state index contributed by atoms with van der Waals surface area (Å²) in [6.45, 7) is 4.60. The van der Waals surface area contributed by atoms with Crippen LogP contribution in [0.2, 0.25) is 0 Å². The van der Waals surface area contributed by atoms with Gasteiger partial charge in [-0.1, -0.05) is 5.21 Å². The molecule has 282 valence electrons. The molecule has 0 spiro atoms. The molecule has 1 aliphatic rings. The van der Waals surface area contributed by atoms with Crippen LogP contribution in [0, 0.1) is 12.7 Å². The average Bonchev–Trinajstić information content (AvgIpc) is 3.86. The van der Waals surface area contributed by atoms with Crippen LogP contribution in [0.15, 0.2) is 83.2 Å². The lowest BCUT2D eigenvalue weighted by molar-refractivity contribution is -0.117. The molecule has 0 fully saturated rings. The van der Waals surface area contributed by atoms with Crippen LogP contribution in [-0.2, 0) is 23.3 Å². The van der Waals surface area contributed by atoms with E-state index in [0.717, 1.165) is 23.3 Å². The third kappa shape index (κ3) is 8.07. The number of halogens is 1. The number of aryl methyl sites for hydroxylation is 1. The molecule has 0 radical (unpaired) electrons. The number of nitrogens with zero attached hydrogens (tertiary/aromatic N) is 6. The standard InChI is InChI=1S/C38H35FN8O7S/c1-22-16-30(44-47(35(22)49)24-4-6-25(52-3)7-5-24)31-21-46(45-43-31)13-14-53-32-17-23-10-11-41-38(2,20-34(48)42-37-40-12-15-55-37)28(23)19-33(32)54-26-8-9-27(36(50)51)29(39)18-26/h4-9,12,15-19,21,41H,10-11,13-14,20H2,1-3H3,(H,50,51)(H,40,42,48). The number of anilines is 1. The molecule has 1 aliphatic heterocycles. The van der Waals surface area contributed by atoms with Crippen LogP contribution in [0.25, 0.3) is 17.1 Å². The van der Waals surface area contributed by atoms with Gasteiger partial charge >= 0.3 is 5.97 Å². The number of amides is 1. The third-order valence-corrected chi connectivity index (χ3v) is 9.74. The molecule has 17 heteroatoms. The maximum absolute atomic E-state index is 14.7. The van der Waals surface area contributed by atoms with Crippen LogP contribution in [-0.4, -0.2) is 67.0 Å². The number of carboxylic acid groups (broad SMARTS) is 1. The van der Waals surface area contributed by atoms with Gasteiger partial charge < -0.3 is 30.0 Å². The van der Waals surface area contributed by atoms with Gasteiger partial charge in [-0.3, -0.25) is 9.59 Å². The number of carboxylic acids is 1. The van der Waals surface area contributed by atoms with Crippen molar-refractivity contribution in [3.8, 4) is 40.1 Å². The molecular formula is C38H35FN8O7S. The molecule has 15 nitrogen and oxygen atoms in total. The number of fused-ring (bicyclic) bond motifs is 1. The van der Waals surface area contributed by atoms with Crippen LogP contribution >= 0.6 is 11.3 Å². The number of carbonyl (C=O) groups excluding carboxylic acids is 1. The number of aromatic nitrogens is 6. The second-order valence-corrected chi connectivity index (χ2v) is 13.8. The summed E-state index contributed by atoms with van der Waals surface area (Å²) in [5.41, 5.74) is 2.08. The van der Waals surface area contributed by atoms with Crippen molar-refractivity contribution < 1.29 is 33.3 Å². The quantitative estimate of drug-likeness (QED) is 0.137. The van der Waals surface area contributed by atoms with Crippen molar-refractivity contribution in [3.63, 3.8) is 0 Å². The van der Waals surface area contributed by atoms with Gasteiger partial charge in [0.25, 0.3) is 5.56 Å². The maximum atomic E-state index is 14.7. The highest BCUT2D eigenvalue weighted by Gasteiger charge is 2.35. The number of thiazole rings is 1. The van der Waals surface area contributed by atoms with Gasteiger partial charge in [0.05, 0.1) is 31.1 Å². The average molecular weight is 767 g/mol. The van der Waals surface area contributed by atoms with Crippen LogP contribution < -0.4 is 30.4 Å². The number of rotatable bonds is 13. The minimum Gasteiger partial charge on any atom is -0.497 e. The first-order chi connectivity index (χ1) is 26.5. The number of aromatic carboxylic acids is 1. The molecule has 0 bridgehead atoms. The first kappa shape index (κ1) is 36.9. The van der Waals surface area contributed by atoms with Gasteiger partial charge in [0, 0.05) is 41.7 Å². The number of hydrogen-bond donors (Lipinski definition) is 3. The van der Waals surface area contributed by atoms with Gasteiger partial charge in [0.15, 0.2) is 16.6 Å². The van der Waals surface area contributed by atoms with Gasteiger partial charge in [-0.05, 0) is 86.0 Å². The van der Waals surface area contributed by atoms with Crippen LogP contribution in [0.4, 0.5) is 9.52 Å². The Hall–Kier alpha value is -6.46. The molecule has 0 saturated heterocycles. The second kappa shape index (κ2) is 15.5. The van der Waals surface area contributed by atoms with Gasteiger partial charge in [-0.2, -0.15) is 9.78 Å². The zero-order chi connectivity index (χ0) is 38.7. The molecule has 0 saturated carbocycles. The summed E-state index contributed by atoms with van der Waals surface area (Å²) in [6, 6.07) is 15.7. The molecule has 4 heterocycles. The fourth-order valence-electron chi connectivity index (χ4n) is 6.28. The third-order valence-electron chi connectivity index (χ3n) is 9.05. The van der Waals surface area contributed by atoms with E-state index in [1.807, 2.05) is 13.0 Å². The Morgan fingerprint density at radius 3 is 2.60 bits per heavy atom. The molecule has 0 aliphatic carbocycles. The van der Waals surface area contributed by atoms with Crippen molar-refractivity contribution in [2.24, 2.45) is 0 Å². The van der Waals surface area contributed by atoms with Crippen molar-refractivity contribution in [2.45, 2.75) is 38.8 Å². The Balaban J connectivity index is 1.13. The highest BCUT2D eigenvalue weighted by Crippen LogP contribution is 2.41. The lowest BCUT2D eigenvalue weighted by Gasteiger charge is -2.37. The number of benzene rings is 3. The largest absolute Gasteiger partial charge is 0.497 e. The number of carbonyl (C=O) groups is 2. The number of hydrogen-bond acceptors (Lipinski definition) is 12. The normalized spacial score (nSPS) is 14.9. The Kier molecular flexibility index (Phi) is 10.4. The summed E-state index contributed by atoms with van der Waals surface area (Å²) in [7, 11) is 1.56. The number of methoxy groups -OCH3 is 1. The molecule has 3 aromatic heterocycles. The highest BCUT2D eigenvalue weighted by molar-refractivity contribution is 7.13. The SMILES string of the molecule is COc1ccc(-n2nc(-c3cn(CCOc4cc5c(cc4Oc4ccc(C(=O)O)c(F)c4)C(C)(CC(=O)Nc4nccs4)NCC5)nn3)cc(C)c2=O)cc1. The first-order valence-electron chi connectivity index (χ1n) is 17.1. The van der Waals surface area contributed by atoms with E-state index in [9.17, 15) is 23.9 Å². The van der Waals surface area contributed by atoms with E-state index in [4.69, 9.17) is 14.2 Å². The van der Waals surface area contributed by atoms with Crippen molar-refractivity contribution in [2.75, 3.05) is 25.6 Å². The zero-order valence-electron chi connectivity index (χ0n) is 29.9. The van der Waals surface area contributed by atoms with Gasteiger partial charge in [0.1, 0.15) is 35.3 Å². The summed E-state index contributed by atoms with van der Waals surface area (Å²) in [6.07, 6.45) is 4.02. The highest BCUT2D eigenvalue weighted by atomic mass is 32.1. The molecular weight excluding hydrogens is 732 g/mol.